The number of hydrogen-bond donors (Lipinski definition) is 1. The van der Waals surface area contributed by atoms with Gasteiger partial charge in [0.1, 0.15) is 5.82 Å². The minimum Gasteiger partial charge on any atom is -0.411 e. The van der Waals surface area contributed by atoms with Crippen molar-refractivity contribution in [2.45, 2.75) is 30.9 Å². The number of hydrogen-bond acceptors (Lipinski definition) is 6. The quantitative estimate of drug-likeness (QED) is 0.560. The fraction of sp³-hybridized carbons (Fsp3) is 0.318. The van der Waals surface area contributed by atoms with E-state index in [2.05, 4.69) is 32.5 Å². The van der Waals surface area contributed by atoms with E-state index in [1.54, 1.807) is 12.1 Å². The van der Waals surface area contributed by atoms with Gasteiger partial charge in [-0.1, -0.05) is 24.6 Å². The van der Waals surface area contributed by atoms with Crippen LogP contribution < -0.4 is 10.2 Å². The van der Waals surface area contributed by atoms with Crippen molar-refractivity contribution >= 4 is 29.0 Å². The average molecular weight is 427 g/mol. The standard InChI is InChI=1S/C22H23FN4O2S/c23-17-7-5-16(6-8-17)21-25-26-22(29-21)30-15-20(28)24-18-9-11-19(12-10-18)27-13-3-1-2-4-14-27/h5-12H,1-4,13-15H2,(H,24,28). The lowest BCUT2D eigenvalue weighted by atomic mass is 10.2. The number of benzene rings is 2. The molecule has 30 heavy (non-hydrogen) atoms. The summed E-state index contributed by atoms with van der Waals surface area (Å²) in [5.41, 5.74) is 2.59. The number of aromatic nitrogens is 2. The van der Waals surface area contributed by atoms with E-state index in [0.29, 0.717) is 16.7 Å². The van der Waals surface area contributed by atoms with Gasteiger partial charge < -0.3 is 14.6 Å². The summed E-state index contributed by atoms with van der Waals surface area (Å²) in [4.78, 5) is 14.7. The molecule has 4 rings (SSSR count). The summed E-state index contributed by atoms with van der Waals surface area (Å²) in [5.74, 6) is -0.0334. The number of halogens is 1. The minimum atomic E-state index is -0.330. The first kappa shape index (κ1) is 20.4. The van der Waals surface area contributed by atoms with Gasteiger partial charge in [0.25, 0.3) is 5.22 Å². The maximum atomic E-state index is 13.0. The highest BCUT2D eigenvalue weighted by Crippen LogP contribution is 2.24. The Labute approximate surface area is 178 Å². The molecule has 2 heterocycles. The molecular formula is C22H23FN4O2S. The van der Waals surface area contributed by atoms with Gasteiger partial charge in [-0.2, -0.15) is 0 Å². The highest BCUT2D eigenvalue weighted by atomic mass is 32.2. The summed E-state index contributed by atoms with van der Waals surface area (Å²) >= 11 is 1.16. The molecule has 0 saturated carbocycles. The SMILES string of the molecule is O=C(CSc1nnc(-c2ccc(F)cc2)o1)Nc1ccc(N2CCCCCC2)cc1. The molecule has 1 fully saturated rings. The van der Waals surface area contributed by atoms with Gasteiger partial charge >= 0.3 is 0 Å². The van der Waals surface area contributed by atoms with E-state index in [9.17, 15) is 9.18 Å². The van der Waals surface area contributed by atoms with Crippen LogP contribution in [0.5, 0.6) is 0 Å². The molecule has 1 aliphatic heterocycles. The van der Waals surface area contributed by atoms with Crippen molar-refractivity contribution in [3.05, 3.63) is 54.3 Å². The Bertz CT molecular complexity index is 968. The summed E-state index contributed by atoms with van der Waals surface area (Å²) < 4.78 is 18.5. The Morgan fingerprint density at radius 2 is 1.70 bits per heavy atom. The molecule has 3 aromatic rings. The van der Waals surface area contributed by atoms with Crippen molar-refractivity contribution in [2.24, 2.45) is 0 Å². The fourth-order valence-corrected chi connectivity index (χ4v) is 3.95. The summed E-state index contributed by atoms with van der Waals surface area (Å²) in [6.07, 6.45) is 5.06. The third-order valence-corrected chi connectivity index (χ3v) is 5.77. The largest absolute Gasteiger partial charge is 0.411 e. The number of carbonyl (C=O) groups excluding carboxylic acids is 1. The second-order valence-corrected chi connectivity index (χ2v) is 8.09. The van der Waals surface area contributed by atoms with Crippen molar-refractivity contribution in [1.29, 1.82) is 0 Å². The van der Waals surface area contributed by atoms with E-state index < -0.39 is 0 Å². The number of anilines is 2. The Morgan fingerprint density at radius 3 is 2.40 bits per heavy atom. The van der Waals surface area contributed by atoms with Gasteiger partial charge in [-0.25, -0.2) is 4.39 Å². The van der Waals surface area contributed by atoms with Crippen LogP contribution >= 0.6 is 11.8 Å². The Kier molecular flexibility index (Phi) is 6.63. The third kappa shape index (κ3) is 5.38. The first-order valence-electron chi connectivity index (χ1n) is 10.0. The summed E-state index contributed by atoms with van der Waals surface area (Å²) in [5, 5.41) is 11.1. The molecule has 1 amide bonds. The predicted molar refractivity (Wildman–Crippen MR) is 116 cm³/mol. The van der Waals surface area contributed by atoms with Crippen molar-refractivity contribution in [1.82, 2.24) is 10.2 Å². The molecule has 8 heteroatoms. The topological polar surface area (TPSA) is 71.3 Å². The molecule has 6 nitrogen and oxygen atoms in total. The van der Waals surface area contributed by atoms with Gasteiger partial charge in [0, 0.05) is 30.0 Å². The number of thioether (sulfide) groups is 1. The van der Waals surface area contributed by atoms with E-state index >= 15 is 0 Å². The number of amides is 1. The monoisotopic (exact) mass is 426 g/mol. The predicted octanol–water partition coefficient (Wildman–Crippen LogP) is 4.99. The smallest absolute Gasteiger partial charge is 0.277 e. The first-order chi connectivity index (χ1) is 14.7. The Hall–Kier alpha value is -2.87. The fourth-order valence-electron chi connectivity index (χ4n) is 3.39. The molecule has 0 radical (unpaired) electrons. The van der Waals surface area contributed by atoms with Crippen LogP contribution in [0.15, 0.2) is 58.2 Å². The van der Waals surface area contributed by atoms with Crippen LogP contribution in [0.25, 0.3) is 11.5 Å². The third-order valence-electron chi connectivity index (χ3n) is 4.95. The van der Waals surface area contributed by atoms with Crippen LogP contribution in [0.3, 0.4) is 0 Å². The van der Waals surface area contributed by atoms with Gasteiger partial charge in [0.2, 0.25) is 11.8 Å². The number of nitrogens with zero attached hydrogens (tertiary/aromatic N) is 3. The zero-order valence-corrected chi connectivity index (χ0v) is 17.3. The number of rotatable bonds is 6. The van der Waals surface area contributed by atoms with Gasteiger partial charge in [0.05, 0.1) is 5.75 Å². The molecule has 2 aromatic carbocycles. The Balaban J connectivity index is 1.28. The molecule has 1 aromatic heterocycles. The molecule has 0 atom stereocenters. The van der Waals surface area contributed by atoms with Crippen LogP contribution in [0.1, 0.15) is 25.7 Å². The van der Waals surface area contributed by atoms with Crippen molar-refractivity contribution in [3.63, 3.8) is 0 Å². The summed E-state index contributed by atoms with van der Waals surface area (Å²) in [6.45, 7) is 2.18. The summed E-state index contributed by atoms with van der Waals surface area (Å²) in [7, 11) is 0. The molecule has 0 bridgehead atoms. The van der Waals surface area contributed by atoms with E-state index in [0.717, 1.165) is 30.5 Å². The lowest BCUT2D eigenvalue weighted by Crippen LogP contribution is -2.23. The normalized spacial score (nSPS) is 14.4. The summed E-state index contributed by atoms with van der Waals surface area (Å²) in [6, 6.07) is 13.8. The molecule has 1 N–H and O–H groups in total. The van der Waals surface area contributed by atoms with Gasteiger partial charge in [-0.15, -0.1) is 10.2 Å². The van der Waals surface area contributed by atoms with Crippen LogP contribution in [-0.4, -0.2) is 34.9 Å². The molecular weight excluding hydrogens is 403 g/mol. The molecule has 156 valence electrons. The van der Waals surface area contributed by atoms with E-state index in [4.69, 9.17) is 4.42 Å². The van der Waals surface area contributed by atoms with Crippen LogP contribution in [0.4, 0.5) is 15.8 Å². The zero-order valence-electron chi connectivity index (χ0n) is 16.5. The van der Waals surface area contributed by atoms with E-state index in [-0.39, 0.29) is 17.5 Å². The van der Waals surface area contributed by atoms with Crippen molar-refractivity contribution < 1.29 is 13.6 Å². The molecule has 1 aliphatic rings. The molecule has 0 spiro atoms. The van der Waals surface area contributed by atoms with Crippen LogP contribution in [0.2, 0.25) is 0 Å². The molecule has 0 unspecified atom stereocenters. The maximum absolute atomic E-state index is 13.0. The van der Waals surface area contributed by atoms with Crippen LogP contribution in [-0.2, 0) is 4.79 Å². The number of nitrogens with one attached hydrogen (secondary N) is 1. The second-order valence-electron chi connectivity index (χ2n) is 7.17. The minimum absolute atomic E-state index is 0.149. The van der Waals surface area contributed by atoms with Gasteiger partial charge in [0.15, 0.2) is 0 Å². The zero-order chi connectivity index (χ0) is 20.8. The number of carbonyl (C=O) groups is 1. The van der Waals surface area contributed by atoms with Crippen molar-refractivity contribution in [3.8, 4) is 11.5 Å². The lowest BCUT2D eigenvalue weighted by molar-refractivity contribution is -0.113. The maximum Gasteiger partial charge on any atom is 0.277 e. The molecule has 1 saturated heterocycles. The second kappa shape index (κ2) is 9.75. The van der Waals surface area contributed by atoms with Crippen molar-refractivity contribution in [2.75, 3.05) is 29.1 Å². The lowest BCUT2D eigenvalue weighted by Gasteiger charge is -2.22. The highest BCUT2D eigenvalue weighted by molar-refractivity contribution is 7.99. The van der Waals surface area contributed by atoms with Crippen LogP contribution in [0, 0.1) is 5.82 Å². The van der Waals surface area contributed by atoms with E-state index in [1.165, 1.54) is 43.5 Å². The van der Waals surface area contributed by atoms with Gasteiger partial charge in [-0.3, -0.25) is 4.79 Å². The van der Waals surface area contributed by atoms with Gasteiger partial charge in [-0.05, 0) is 61.4 Å². The average Bonchev–Trinajstić information content (AvgIpc) is 3.07. The molecule has 0 aliphatic carbocycles. The highest BCUT2D eigenvalue weighted by Gasteiger charge is 2.13. The Morgan fingerprint density at radius 1 is 1.00 bits per heavy atom. The first-order valence-corrected chi connectivity index (χ1v) is 11.0. The van der Waals surface area contributed by atoms with E-state index in [1.807, 2.05) is 12.1 Å².